The Bertz CT molecular complexity index is 1180. The van der Waals surface area contributed by atoms with Crippen LogP contribution in [-0.2, 0) is 20.8 Å². The van der Waals surface area contributed by atoms with Gasteiger partial charge in [0.15, 0.2) is 10.3 Å². The monoisotopic (exact) mass is 528 g/mol. The molecule has 7 nitrogen and oxygen atoms in total. The summed E-state index contributed by atoms with van der Waals surface area (Å²) in [6.07, 6.45) is 0.290. The molecule has 162 valence electrons. The van der Waals surface area contributed by atoms with Gasteiger partial charge in [0.1, 0.15) is 5.92 Å². The van der Waals surface area contributed by atoms with Crippen molar-refractivity contribution >= 4 is 67.0 Å². The number of thiazole rings is 1. The summed E-state index contributed by atoms with van der Waals surface area (Å²) in [7, 11) is 0. The summed E-state index contributed by atoms with van der Waals surface area (Å²) in [5.74, 6) is -2.08. The van der Waals surface area contributed by atoms with E-state index in [1.807, 2.05) is 60.0 Å². The predicted octanol–water partition coefficient (Wildman–Crippen LogP) is 4.12. The second-order valence-electron chi connectivity index (χ2n) is 6.87. The minimum atomic E-state index is -0.858. The first-order valence-electron chi connectivity index (χ1n) is 9.59. The Kier molecular flexibility index (Phi) is 7.13. The van der Waals surface area contributed by atoms with Crippen LogP contribution in [0, 0.1) is 5.92 Å². The number of anilines is 1. The first-order chi connectivity index (χ1) is 15.5. The lowest BCUT2D eigenvalue weighted by atomic mass is 9.97. The molecule has 1 aliphatic rings. The number of halogens is 1. The summed E-state index contributed by atoms with van der Waals surface area (Å²) in [5, 5.41) is 7.83. The van der Waals surface area contributed by atoms with Crippen LogP contribution in [0.3, 0.4) is 0 Å². The van der Waals surface area contributed by atoms with Crippen LogP contribution in [0.25, 0.3) is 11.3 Å². The average molecular weight is 529 g/mol. The van der Waals surface area contributed by atoms with Gasteiger partial charge in [-0.25, -0.2) is 4.98 Å². The molecule has 2 aromatic carbocycles. The Morgan fingerprint density at radius 2 is 1.88 bits per heavy atom. The highest BCUT2D eigenvalue weighted by Gasteiger charge is 2.32. The number of thioether (sulfide) groups is 1. The van der Waals surface area contributed by atoms with Gasteiger partial charge in [-0.1, -0.05) is 70.2 Å². The summed E-state index contributed by atoms with van der Waals surface area (Å²) in [6.45, 7) is 0. The highest BCUT2D eigenvalue weighted by Crippen LogP contribution is 2.26. The van der Waals surface area contributed by atoms with E-state index >= 15 is 0 Å². The molecule has 32 heavy (non-hydrogen) atoms. The predicted molar refractivity (Wildman–Crippen MR) is 131 cm³/mol. The van der Waals surface area contributed by atoms with E-state index in [-0.39, 0.29) is 23.2 Å². The van der Waals surface area contributed by atoms with Gasteiger partial charge in [-0.05, 0) is 24.1 Å². The van der Waals surface area contributed by atoms with E-state index < -0.39 is 17.7 Å². The van der Waals surface area contributed by atoms with E-state index in [4.69, 9.17) is 0 Å². The largest absolute Gasteiger partial charge is 0.304 e. The molecule has 0 unspecified atom stereocenters. The molecule has 0 fully saturated rings. The highest BCUT2D eigenvalue weighted by molar-refractivity contribution is 9.10. The van der Waals surface area contributed by atoms with E-state index in [0.717, 1.165) is 33.1 Å². The van der Waals surface area contributed by atoms with Crippen molar-refractivity contribution in [3.8, 4) is 11.3 Å². The molecule has 0 aliphatic carbocycles. The first kappa shape index (κ1) is 22.4. The minimum Gasteiger partial charge on any atom is -0.304 e. The number of aromatic nitrogens is 1. The molecule has 3 amide bonds. The Morgan fingerprint density at radius 3 is 2.59 bits per heavy atom. The number of nitrogens with zero attached hydrogens (tertiary/aromatic N) is 2. The smallest absolute Gasteiger partial charge is 0.261 e. The van der Waals surface area contributed by atoms with Crippen LogP contribution >= 0.6 is 39.0 Å². The highest BCUT2D eigenvalue weighted by atomic mass is 79.9. The van der Waals surface area contributed by atoms with E-state index in [1.54, 1.807) is 0 Å². The number of aliphatic imine (C=N–C) groups is 1. The zero-order valence-electron chi connectivity index (χ0n) is 16.6. The van der Waals surface area contributed by atoms with Crippen molar-refractivity contribution in [3.63, 3.8) is 0 Å². The summed E-state index contributed by atoms with van der Waals surface area (Å²) < 4.78 is 0.976. The van der Waals surface area contributed by atoms with Gasteiger partial charge < -0.3 is 10.6 Å². The molecular formula is C22H17BrN4O3S2. The topological polar surface area (TPSA) is 101 Å². The van der Waals surface area contributed by atoms with Crippen molar-refractivity contribution in [2.24, 2.45) is 10.9 Å². The molecule has 0 spiro atoms. The number of benzene rings is 2. The van der Waals surface area contributed by atoms with Crippen LogP contribution in [0.2, 0.25) is 0 Å². The minimum absolute atomic E-state index is 0.0110. The second-order valence-corrected chi connectivity index (χ2v) is 9.61. The SMILES string of the molecule is O=C(CSC1=NC(=O)[C@H](Cc2ccccc2)C(=O)N1)Nc1nc(-c2ccc(Br)cc2)cs1. The van der Waals surface area contributed by atoms with Crippen LogP contribution in [0.15, 0.2) is 69.4 Å². The molecule has 10 heteroatoms. The maximum absolute atomic E-state index is 12.4. The maximum atomic E-state index is 12.4. The maximum Gasteiger partial charge on any atom is 0.261 e. The van der Waals surface area contributed by atoms with Crippen molar-refractivity contribution in [1.82, 2.24) is 10.3 Å². The normalized spacial score (nSPS) is 15.8. The van der Waals surface area contributed by atoms with Gasteiger partial charge in [0.05, 0.1) is 11.4 Å². The van der Waals surface area contributed by atoms with Gasteiger partial charge in [-0.3, -0.25) is 14.4 Å². The third-order valence-electron chi connectivity index (χ3n) is 4.57. The van der Waals surface area contributed by atoms with Crippen molar-refractivity contribution in [2.45, 2.75) is 6.42 Å². The van der Waals surface area contributed by atoms with Crippen LogP contribution < -0.4 is 10.6 Å². The lowest BCUT2D eigenvalue weighted by Gasteiger charge is -2.19. The van der Waals surface area contributed by atoms with Crippen LogP contribution in [0.4, 0.5) is 5.13 Å². The number of nitrogens with one attached hydrogen (secondary N) is 2. The average Bonchev–Trinajstić information content (AvgIpc) is 3.24. The number of carbonyl (C=O) groups excluding carboxylic acids is 3. The van der Waals surface area contributed by atoms with Crippen molar-refractivity contribution in [2.75, 3.05) is 11.1 Å². The number of rotatable bonds is 6. The lowest BCUT2D eigenvalue weighted by molar-refractivity contribution is -0.133. The summed E-state index contributed by atoms with van der Waals surface area (Å²) in [5.41, 5.74) is 2.60. The van der Waals surface area contributed by atoms with Crippen molar-refractivity contribution in [3.05, 3.63) is 70.0 Å². The fourth-order valence-electron chi connectivity index (χ4n) is 2.98. The number of hydrogen-bond donors (Lipinski definition) is 2. The molecule has 1 aliphatic heterocycles. The Balaban J connectivity index is 1.30. The van der Waals surface area contributed by atoms with E-state index in [0.29, 0.717) is 5.13 Å². The molecule has 1 aromatic heterocycles. The van der Waals surface area contributed by atoms with E-state index in [9.17, 15) is 14.4 Å². The van der Waals surface area contributed by atoms with Gasteiger partial charge in [0, 0.05) is 15.4 Å². The van der Waals surface area contributed by atoms with E-state index in [1.165, 1.54) is 11.3 Å². The van der Waals surface area contributed by atoms with Gasteiger partial charge in [0.2, 0.25) is 11.8 Å². The van der Waals surface area contributed by atoms with Crippen LogP contribution in [0.1, 0.15) is 5.56 Å². The van der Waals surface area contributed by atoms with Gasteiger partial charge in [-0.15, -0.1) is 11.3 Å². The Labute approximate surface area is 200 Å². The fraction of sp³-hybridized carbons (Fsp3) is 0.136. The molecule has 2 heterocycles. The standard InChI is InChI=1S/C22H17BrN4O3S2/c23-15-8-6-14(7-9-15)17-11-31-21(24-17)25-18(28)12-32-22-26-19(29)16(20(30)27-22)10-13-4-2-1-3-5-13/h1-9,11,16H,10,12H2,(H,24,25,28)(H,26,27,29,30). The fourth-order valence-corrected chi connectivity index (χ4v) is 4.65. The molecule has 0 bridgehead atoms. The molecule has 0 saturated carbocycles. The number of carbonyl (C=O) groups is 3. The zero-order valence-corrected chi connectivity index (χ0v) is 19.8. The Morgan fingerprint density at radius 1 is 1.12 bits per heavy atom. The lowest BCUT2D eigenvalue weighted by Crippen LogP contribution is -2.44. The number of hydrogen-bond acceptors (Lipinski definition) is 6. The zero-order chi connectivity index (χ0) is 22.5. The van der Waals surface area contributed by atoms with Gasteiger partial charge in [0.25, 0.3) is 5.91 Å². The van der Waals surface area contributed by atoms with Crippen LogP contribution in [0.5, 0.6) is 0 Å². The third kappa shape index (κ3) is 5.70. The molecule has 0 saturated heterocycles. The second kappa shape index (κ2) is 10.2. The number of amidine groups is 1. The quantitative estimate of drug-likeness (QED) is 0.468. The molecule has 0 radical (unpaired) electrons. The summed E-state index contributed by atoms with van der Waals surface area (Å²) in [6, 6.07) is 17.0. The third-order valence-corrected chi connectivity index (χ3v) is 6.73. The molecule has 2 N–H and O–H groups in total. The van der Waals surface area contributed by atoms with Crippen molar-refractivity contribution < 1.29 is 14.4 Å². The van der Waals surface area contributed by atoms with Gasteiger partial charge >= 0.3 is 0 Å². The molecule has 1 atom stereocenters. The van der Waals surface area contributed by atoms with Crippen LogP contribution in [-0.4, -0.2) is 33.6 Å². The van der Waals surface area contributed by atoms with E-state index in [2.05, 4.69) is 36.5 Å². The molecule has 3 aromatic rings. The van der Waals surface area contributed by atoms with Crippen molar-refractivity contribution in [1.29, 1.82) is 0 Å². The van der Waals surface area contributed by atoms with Gasteiger partial charge in [-0.2, -0.15) is 4.99 Å². The first-order valence-corrected chi connectivity index (χ1v) is 12.3. The molecular weight excluding hydrogens is 512 g/mol. The Hall–Kier alpha value is -2.82. The summed E-state index contributed by atoms with van der Waals surface area (Å²) in [4.78, 5) is 45.4. The molecule has 4 rings (SSSR count). The number of amides is 3. The summed E-state index contributed by atoms with van der Waals surface area (Å²) >= 11 is 5.72.